The van der Waals surface area contributed by atoms with Crippen LogP contribution in [-0.2, 0) is 11.3 Å². The van der Waals surface area contributed by atoms with Gasteiger partial charge in [0.25, 0.3) is 5.91 Å². The highest BCUT2D eigenvalue weighted by atomic mass is 16.5. The van der Waals surface area contributed by atoms with Gasteiger partial charge in [-0.1, -0.05) is 30.3 Å². The first-order valence-electron chi connectivity index (χ1n) is 10.9. The monoisotopic (exact) mass is 432 g/mol. The predicted molar refractivity (Wildman–Crippen MR) is 124 cm³/mol. The van der Waals surface area contributed by atoms with E-state index < -0.39 is 0 Å². The lowest BCUT2D eigenvalue weighted by Crippen LogP contribution is -2.18. The molecule has 6 heteroatoms. The lowest BCUT2D eigenvalue weighted by atomic mass is 10.1. The largest absolute Gasteiger partial charge is 0.485 e. The molecule has 32 heavy (non-hydrogen) atoms. The Morgan fingerprint density at radius 3 is 2.56 bits per heavy atom. The molecule has 1 N–H and O–H groups in total. The number of rotatable bonds is 8. The number of ether oxygens (including phenoxy) is 2. The van der Waals surface area contributed by atoms with Gasteiger partial charge >= 0.3 is 0 Å². The summed E-state index contributed by atoms with van der Waals surface area (Å²) in [5.41, 5.74) is 3.67. The maximum atomic E-state index is 12.9. The maximum Gasteiger partial charge on any atom is 0.259 e. The lowest BCUT2D eigenvalue weighted by molar-refractivity contribution is 0.0908. The number of aromatic nitrogens is 1. The van der Waals surface area contributed by atoms with E-state index in [1.165, 1.54) is 0 Å². The van der Waals surface area contributed by atoms with E-state index in [4.69, 9.17) is 9.47 Å². The van der Waals surface area contributed by atoms with E-state index in [9.17, 15) is 9.59 Å². The van der Waals surface area contributed by atoms with Crippen LogP contribution in [0.2, 0.25) is 0 Å². The van der Waals surface area contributed by atoms with Crippen molar-refractivity contribution in [1.29, 1.82) is 0 Å². The number of aryl methyl sites for hydroxylation is 1. The van der Waals surface area contributed by atoms with Gasteiger partial charge < -0.3 is 19.4 Å². The van der Waals surface area contributed by atoms with E-state index in [1.54, 1.807) is 24.3 Å². The Hall–Kier alpha value is -3.38. The van der Waals surface area contributed by atoms with Crippen LogP contribution >= 0.6 is 0 Å². The molecule has 0 spiro atoms. The first-order chi connectivity index (χ1) is 15.5. The number of nitrogens with zero attached hydrogens (tertiary/aromatic N) is 1. The summed E-state index contributed by atoms with van der Waals surface area (Å²) in [7, 11) is 0. The number of carbonyl (C=O) groups is 2. The van der Waals surface area contributed by atoms with E-state index in [0.29, 0.717) is 22.6 Å². The zero-order chi connectivity index (χ0) is 22.5. The van der Waals surface area contributed by atoms with Crippen molar-refractivity contribution in [1.82, 2.24) is 4.57 Å². The van der Waals surface area contributed by atoms with Crippen molar-refractivity contribution in [2.75, 3.05) is 18.5 Å². The SMILES string of the molecule is Cc1cc(C(=O)COc2ccccc2C(=O)Nc2ccccc2)c(C)n1C[C@H]1CCCO1. The third kappa shape index (κ3) is 4.92. The van der Waals surface area contributed by atoms with Crippen LogP contribution in [-0.4, -0.2) is 35.6 Å². The van der Waals surface area contributed by atoms with Crippen LogP contribution in [0.4, 0.5) is 5.69 Å². The Labute approximate surface area is 188 Å². The number of hydrogen-bond donors (Lipinski definition) is 1. The second-order valence-electron chi connectivity index (χ2n) is 8.06. The topological polar surface area (TPSA) is 69.6 Å². The predicted octanol–water partition coefficient (Wildman–Crippen LogP) is 4.80. The zero-order valence-electron chi connectivity index (χ0n) is 18.5. The number of carbonyl (C=O) groups excluding carboxylic acids is 2. The van der Waals surface area contributed by atoms with Crippen molar-refractivity contribution in [3.05, 3.63) is 83.2 Å². The Kier molecular flexibility index (Phi) is 6.71. The summed E-state index contributed by atoms with van der Waals surface area (Å²) < 4.78 is 13.7. The third-order valence-electron chi connectivity index (χ3n) is 5.81. The summed E-state index contributed by atoms with van der Waals surface area (Å²) in [5, 5.41) is 2.85. The summed E-state index contributed by atoms with van der Waals surface area (Å²) in [4.78, 5) is 25.7. The summed E-state index contributed by atoms with van der Waals surface area (Å²) in [6, 6.07) is 18.1. The van der Waals surface area contributed by atoms with Crippen molar-refractivity contribution in [3.8, 4) is 5.75 Å². The van der Waals surface area contributed by atoms with E-state index in [2.05, 4.69) is 9.88 Å². The van der Waals surface area contributed by atoms with Crippen LogP contribution in [0.25, 0.3) is 0 Å². The Morgan fingerprint density at radius 1 is 1.06 bits per heavy atom. The number of anilines is 1. The highest BCUT2D eigenvalue weighted by Crippen LogP contribution is 2.23. The van der Waals surface area contributed by atoms with Gasteiger partial charge in [0.1, 0.15) is 5.75 Å². The highest BCUT2D eigenvalue weighted by molar-refractivity contribution is 6.06. The van der Waals surface area contributed by atoms with Gasteiger partial charge in [0.05, 0.1) is 11.7 Å². The fourth-order valence-electron chi connectivity index (χ4n) is 4.08. The number of benzene rings is 2. The average molecular weight is 433 g/mol. The molecule has 1 aliphatic rings. The van der Waals surface area contributed by atoms with Crippen LogP contribution in [0.3, 0.4) is 0 Å². The van der Waals surface area contributed by atoms with Gasteiger partial charge in [-0.2, -0.15) is 0 Å². The Balaban J connectivity index is 1.44. The molecule has 1 aromatic heterocycles. The Bertz CT molecular complexity index is 1100. The summed E-state index contributed by atoms with van der Waals surface area (Å²) in [6.45, 7) is 5.38. The molecule has 6 nitrogen and oxygen atoms in total. The molecule has 166 valence electrons. The molecule has 0 radical (unpaired) electrons. The number of para-hydroxylation sites is 2. The molecule has 1 fully saturated rings. The van der Waals surface area contributed by atoms with Gasteiger partial charge in [-0.3, -0.25) is 9.59 Å². The highest BCUT2D eigenvalue weighted by Gasteiger charge is 2.22. The number of hydrogen-bond acceptors (Lipinski definition) is 4. The average Bonchev–Trinajstić information content (AvgIpc) is 3.42. The standard InChI is InChI=1S/C26H28N2O4/c1-18-15-23(19(2)28(18)16-21-11-8-14-31-21)24(29)17-32-25-13-7-6-12-22(25)26(30)27-20-9-4-3-5-10-20/h3-7,9-10,12-13,15,21H,8,11,14,16-17H2,1-2H3,(H,27,30)/t21-/m1/s1. The molecular formula is C26H28N2O4. The zero-order valence-corrected chi connectivity index (χ0v) is 18.5. The molecular weight excluding hydrogens is 404 g/mol. The van der Waals surface area contributed by atoms with Crippen molar-refractivity contribution in [2.45, 2.75) is 39.3 Å². The number of amides is 1. The molecule has 0 unspecified atom stereocenters. The first kappa shape index (κ1) is 21.8. The molecule has 1 amide bonds. The quantitative estimate of drug-likeness (QED) is 0.519. The van der Waals surface area contributed by atoms with Gasteiger partial charge in [-0.05, 0) is 57.0 Å². The molecule has 4 rings (SSSR count). The van der Waals surface area contributed by atoms with Crippen molar-refractivity contribution >= 4 is 17.4 Å². The molecule has 1 atom stereocenters. The summed E-state index contributed by atoms with van der Waals surface area (Å²) >= 11 is 0. The van der Waals surface area contributed by atoms with Gasteiger partial charge in [0.15, 0.2) is 6.61 Å². The molecule has 2 aromatic carbocycles. The second-order valence-corrected chi connectivity index (χ2v) is 8.06. The fourth-order valence-corrected chi connectivity index (χ4v) is 4.08. The second kappa shape index (κ2) is 9.83. The number of ketones is 1. The molecule has 0 bridgehead atoms. The van der Waals surface area contributed by atoms with Gasteiger partial charge in [0.2, 0.25) is 5.78 Å². The molecule has 0 saturated carbocycles. The van der Waals surface area contributed by atoms with E-state index >= 15 is 0 Å². The minimum absolute atomic E-state index is 0.116. The van der Waals surface area contributed by atoms with Crippen molar-refractivity contribution < 1.29 is 19.1 Å². The molecule has 1 saturated heterocycles. The lowest BCUT2D eigenvalue weighted by Gasteiger charge is -2.15. The molecule has 0 aliphatic carbocycles. The minimum atomic E-state index is -0.283. The fraction of sp³-hybridized carbons (Fsp3) is 0.308. The normalized spacial score (nSPS) is 15.5. The van der Waals surface area contributed by atoms with Crippen molar-refractivity contribution in [3.63, 3.8) is 0 Å². The van der Waals surface area contributed by atoms with Gasteiger partial charge in [0, 0.05) is 35.8 Å². The van der Waals surface area contributed by atoms with E-state index in [0.717, 1.165) is 37.4 Å². The van der Waals surface area contributed by atoms with Crippen LogP contribution in [0, 0.1) is 13.8 Å². The summed E-state index contributed by atoms with van der Waals surface area (Å²) in [6.07, 6.45) is 2.33. The van der Waals surface area contributed by atoms with Gasteiger partial charge in [-0.15, -0.1) is 0 Å². The number of nitrogens with one attached hydrogen (secondary N) is 1. The molecule has 1 aliphatic heterocycles. The molecule has 2 heterocycles. The van der Waals surface area contributed by atoms with E-state index in [1.807, 2.05) is 50.2 Å². The Morgan fingerprint density at radius 2 is 1.81 bits per heavy atom. The van der Waals surface area contributed by atoms with Crippen LogP contribution in [0.15, 0.2) is 60.7 Å². The minimum Gasteiger partial charge on any atom is -0.485 e. The van der Waals surface area contributed by atoms with Crippen LogP contribution in [0.1, 0.15) is 44.9 Å². The maximum absolute atomic E-state index is 12.9. The summed E-state index contributed by atoms with van der Waals surface area (Å²) in [5.74, 6) is -0.0219. The van der Waals surface area contributed by atoms with E-state index in [-0.39, 0.29) is 24.4 Å². The van der Waals surface area contributed by atoms with Crippen molar-refractivity contribution in [2.24, 2.45) is 0 Å². The van der Waals surface area contributed by atoms with Crippen LogP contribution in [0.5, 0.6) is 5.75 Å². The number of Topliss-reactive ketones (excluding diaryl/α,β-unsaturated/α-hetero) is 1. The van der Waals surface area contributed by atoms with Crippen LogP contribution < -0.4 is 10.1 Å². The third-order valence-corrected chi connectivity index (χ3v) is 5.81. The smallest absolute Gasteiger partial charge is 0.259 e. The first-order valence-corrected chi connectivity index (χ1v) is 10.9. The molecule has 3 aromatic rings. The van der Waals surface area contributed by atoms with Gasteiger partial charge in [-0.25, -0.2) is 0 Å².